The first-order valence-electron chi connectivity index (χ1n) is 5.35. The average Bonchev–Trinajstić information content (AvgIpc) is 2.91. The number of nitrogens with one attached hydrogen (secondary N) is 1. The van der Waals surface area contributed by atoms with E-state index in [2.05, 4.69) is 20.6 Å². The van der Waals surface area contributed by atoms with Crippen molar-refractivity contribution >= 4 is 11.7 Å². The summed E-state index contributed by atoms with van der Waals surface area (Å²) in [6.07, 6.45) is 2.79. The predicted molar refractivity (Wildman–Crippen MR) is 58.4 cm³/mol. The van der Waals surface area contributed by atoms with E-state index in [0.29, 0.717) is 31.6 Å². The van der Waals surface area contributed by atoms with Crippen molar-refractivity contribution in [2.45, 2.75) is 12.8 Å². The maximum absolute atomic E-state index is 11.9. The Balaban J connectivity index is 1.93. The third kappa shape index (κ3) is 2.35. The molecule has 0 aromatic carbocycles. The van der Waals surface area contributed by atoms with Gasteiger partial charge < -0.3 is 15.8 Å². The number of aromatic nitrogens is 3. The van der Waals surface area contributed by atoms with Crippen LogP contribution in [0.3, 0.4) is 0 Å². The van der Waals surface area contributed by atoms with Crippen LogP contribution in [0.2, 0.25) is 0 Å². The summed E-state index contributed by atoms with van der Waals surface area (Å²) >= 11 is 0. The number of nitrogens with two attached hydrogens (primary N) is 1. The monoisotopic (exact) mass is 238 g/mol. The van der Waals surface area contributed by atoms with Crippen LogP contribution in [0.1, 0.15) is 23.3 Å². The van der Waals surface area contributed by atoms with Crippen molar-refractivity contribution in [1.29, 1.82) is 0 Å². The molecular formula is C9H14N6O2. The third-order valence-corrected chi connectivity index (χ3v) is 2.95. The lowest BCUT2D eigenvalue weighted by Gasteiger charge is -2.30. The number of amidine groups is 1. The van der Waals surface area contributed by atoms with Crippen LogP contribution in [0, 0.1) is 5.92 Å². The molecule has 17 heavy (non-hydrogen) atoms. The molecule has 0 atom stereocenters. The van der Waals surface area contributed by atoms with E-state index in [1.54, 1.807) is 4.90 Å². The predicted octanol–water partition coefficient (Wildman–Crippen LogP) is -0.597. The molecule has 1 fully saturated rings. The molecule has 1 aromatic heterocycles. The van der Waals surface area contributed by atoms with Gasteiger partial charge in [0.1, 0.15) is 5.84 Å². The van der Waals surface area contributed by atoms with Gasteiger partial charge in [-0.15, -0.1) is 0 Å². The summed E-state index contributed by atoms with van der Waals surface area (Å²) in [6, 6.07) is 0. The zero-order chi connectivity index (χ0) is 12.3. The molecule has 2 heterocycles. The minimum atomic E-state index is -0.142. The molecule has 8 nitrogen and oxygen atoms in total. The molecule has 1 aliphatic heterocycles. The van der Waals surface area contributed by atoms with E-state index in [0.717, 1.165) is 0 Å². The number of hydrogen-bond acceptors (Lipinski definition) is 5. The maximum atomic E-state index is 11.9. The first-order valence-corrected chi connectivity index (χ1v) is 5.35. The molecular weight excluding hydrogens is 224 g/mol. The van der Waals surface area contributed by atoms with Gasteiger partial charge in [0.05, 0.1) is 6.20 Å². The molecule has 2 rings (SSSR count). The van der Waals surface area contributed by atoms with Crippen LogP contribution < -0.4 is 5.73 Å². The van der Waals surface area contributed by atoms with Crippen molar-refractivity contribution < 1.29 is 10.0 Å². The molecule has 0 unspecified atom stereocenters. The molecule has 1 saturated heterocycles. The molecule has 1 aliphatic rings. The van der Waals surface area contributed by atoms with Gasteiger partial charge in [0.15, 0.2) is 5.69 Å². The van der Waals surface area contributed by atoms with Gasteiger partial charge in [0, 0.05) is 19.0 Å². The standard InChI is InChI=1S/C9H14N6O2/c10-8(13-17)6-1-3-15(4-2-6)9(16)7-5-11-14-12-7/h5-6,17H,1-4H2,(H2,10,13)(H,11,12,14). The van der Waals surface area contributed by atoms with E-state index < -0.39 is 0 Å². The fourth-order valence-corrected chi connectivity index (χ4v) is 1.93. The number of H-pyrrole nitrogens is 1. The van der Waals surface area contributed by atoms with Crippen molar-refractivity contribution in [3.05, 3.63) is 11.9 Å². The fourth-order valence-electron chi connectivity index (χ4n) is 1.93. The largest absolute Gasteiger partial charge is 0.409 e. The van der Waals surface area contributed by atoms with Crippen LogP contribution in [-0.4, -0.2) is 50.4 Å². The Morgan fingerprint density at radius 1 is 1.59 bits per heavy atom. The van der Waals surface area contributed by atoms with Gasteiger partial charge in [-0.05, 0) is 12.8 Å². The topological polar surface area (TPSA) is 120 Å². The Morgan fingerprint density at radius 2 is 2.29 bits per heavy atom. The number of likely N-dealkylation sites (tertiary alicyclic amines) is 1. The Morgan fingerprint density at radius 3 is 2.82 bits per heavy atom. The van der Waals surface area contributed by atoms with Crippen LogP contribution in [-0.2, 0) is 0 Å². The highest BCUT2D eigenvalue weighted by Crippen LogP contribution is 2.18. The number of nitrogens with zero attached hydrogens (tertiary/aromatic N) is 4. The van der Waals surface area contributed by atoms with Gasteiger partial charge in [-0.25, -0.2) is 0 Å². The number of oxime groups is 1. The molecule has 0 spiro atoms. The van der Waals surface area contributed by atoms with E-state index >= 15 is 0 Å². The van der Waals surface area contributed by atoms with Crippen LogP contribution in [0.4, 0.5) is 0 Å². The Hall–Kier alpha value is -2.12. The second-order valence-electron chi connectivity index (χ2n) is 3.95. The van der Waals surface area contributed by atoms with Gasteiger partial charge in [0.2, 0.25) is 0 Å². The SMILES string of the molecule is NC(=NO)C1CCN(C(=O)c2cn[nH]n2)CC1. The second kappa shape index (κ2) is 4.81. The lowest BCUT2D eigenvalue weighted by atomic mass is 9.96. The van der Waals surface area contributed by atoms with Gasteiger partial charge in [-0.3, -0.25) is 4.79 Å². The summed E-state index contributed by atoms with van der Waals surface area (Å²) in [5, 5.41) is 21.3. The van der Waals surface area contributed by atoms with Crippen LogP contribution in [0.15, 0.2) is 11.4 Å². The van der Waals surface area contributed by atoms with Crippen LogP contribution in [0.25, 0.3) is 0 Å². The quantitative estimate of drug-likeness (QED) is 0.275. The van der Waals surface area contributed by atoms with E-state index in [-0.39, 0.29) is 17.7 Å². The number of piperidine rings is 1. The second-order valence-corrected chi connectivity index (χ2v) is 3.95. The smallest absolute Gasteiger partial charge is 0.276 e. The number of carbonyl (C=O) groups is 1. The Kier molecular flexibility index (Phi) is 3.22. The normalized spacial score (nSPS) is 18.4. The number of hydrogen-bond donors (Lipinski definition) is 3. The lowest BCUT2D eigenvalue weighted by molar-refractivity contribution is 0.0703. The Bertz CT molecular complexity index is 407. The highest BCUT2D eigenvalue weighted by atomic mass is 16.4. The molecule has 92 valence electrons. The molecule has 0 radical (unpaired) electrons. The van der Waals surface area contributed by atoms with Gasteiger partial charge in [-0.2, -0.15) is 15.4 Å². The summed E-state index contributed by atoms with van der Waals surface area (Å²) in [7, 11) is 0. The molecule has 8 heteroatoms. The molecule has 0 saturated carbocycles. The highest BCUT2D eigenvalue weighted by molar-refractivity contribution is 5.92. The van der Waals surface area contributed by atoms with E-state index in [1.807, 2.05) is 0 Å². The first kappa shape index (κ1) is 11.4. The van der Waals surface area contributed by atoms with Crippen molar-refractivity contribution in [2.75, 3.05) is 13.1 Å². The van der Waals surface area contributed by atoms with Gasteiger partial charge >= 0.3 is 0 Å². The zero-order valence-corrected chi connectivity index (χ0v) is 9.20. The molecule has 1 aromatic rings. The van der Waals surface area contributed by atoms with Gasteiger partial charge in [0.25, 0.3) is 5.91 Å². The van der Waals surface area contributed by atoms with Crippen molar-refractivity contribution in [3.63, 3.8) is 0 Å². The number of rotatable bonds is 2. The summed E-state index contributed by atoms with van der Waals surface area (Å²) in [5.74, 6) is 0.136. The molecule has 4 N–H and O–H groups in total. The number of aromatic amines is 1. The third-order valence-electron chi connectivity index (χ3n) is 2.95. The van der Waals surface area contributed by atoms with E-state index in [1.165, 1.54) is 6.20 Å². The van der Waals surface area contributed by atoms with E-state index in [9.17, 15) is 4.79 Å². The van der Waals surface area contributed by atoms with Crippen molar-refractivity contribution in [1.82, 2.24) is 20.3 Å². The average molecular weight is 238 g/mol. The summed E-state index contributed by atoms with van der Waals surface area (Å²) < 4.78 is 0. The lowest BCUT2D eigenvalue weighted by Crippen LogP contribution is -2.41. The van der Waals surface area contributed by atoms with Crippen LogP contribution in [0.5, 0.6) is 0 Å². The van der Waals surface area contributed by atoms with Crippen molar-refractivity contribution in [3.8, 4) is 0 Å². The summed E-state index contributed by atoms with van der Waals surface area (Å²) in [4.78, 5) is 13.6. The van der Waals surface area contributed by atoms with Gasteiger partial charge in [-0.1, -0.05) is 5.16 Å². The van der Waals surface area contributed by atoms with E-state index in [4.69, 9.17) is 10.9 Å². The molecule has 0 aliphatic carbocycles. The minimum absolute atomic E-state index is 0.0429. The summed E-state index contributed by atoms with van der Waals surface area (Å²) in [6.45, 7) is 1.15. The minimum Gasteiger partial charge on any atom is -0.409 e. The highest BCUT2D eigenvalue weighted by Gasteiger charge is 2.26. The molecule has 0 bridgehead atoms. The fraction of sp³-hybridized carbons (Fsp3) is 0.556. The summed E-state index contributed by atoms with van der Waals surface area (Å²) in [5.41, 5.74) is 5.85. The zero-order valence-electron chi connectivity index (χ0n) is 9.20. The van der Waals surface area contributed by atoms with Crippen LogP contribution >= 0.6 is 0 Å². The maximum Gasteiger partial charge on any atom is 0.276 e. The number of amides is 1. The molecule has 1 amide bonds. The Labute approximate surface area is 97.5 Å². The number of carbonyl (C=O) groups excluding carboxylic acids is 1. The van der Waals surface area contributed by atoms with Crippen molar-refractivity contribution in [2.24, 2.45) is 16.8 Å². The first-order chi connectivity index (χ1) is 8.22.